The first-order valence-electron chi connectivity index (χ1n) is 10.00. The first kappa shape index (κ1) is 21.6. The number of nitrogens with zero attached hydrogens (tertiary/aromatic N) is 3. The summed E-state index contributed by atoms with van der Waals surface area (Å²) in [5.74, 6) is 0.162. The molecule has 4 rings (SSSR count). The molecule has 0 unspecified atom stereocenters. The van der Waals surface area contributed by atoms with Crippen molar-refractivity contribution < 1.29 is 17.7 Å². The van der Waals surface area contributed by atoms with Crippen LogP contribution in [0.3, 0.4) is 0 Å². The minimum absolute atomic E-state index is 0.152. The summed E-state index contributed by atoms with van der Waals surface area (Å²) < 4.78 is 37.6. The van der Waals surface area contributed by atoms with Crippen LogP contribution in [0, 0.1) is 0 Å². The van der Waals surface area contributed by atoms with Crippen molar-refractivity contribution in [1.29, 1.82) is 0 Å². The lowest BCUT2D eigenvalue weighted by Crippen LogP contribution is -2.08. The number of benzene rings is 1. The second-order valence-electron chi connectivity index (χ2n) is 7.04. The van der Waals surface area contributed by atoms with Crippen molar-refractivity contribution in [3.05, 3.63) is 85.2 Å². The van der Waals surface area contributed by atoms with Crippen LogP contribution in [-0.2, 0) is 10.1 Å². The molecule has 7 nitrogen and oxygen atoms in total. The minimum atomic E-state index is -4.22. The molecule has 0 radical (unpaired) electrons. The summed E-state index contributed by atoms with van der Waals surface area (Å²) in [5.41, 5.74) is 4.91. The number of hydrogen-bond donors (Lipinski definition) is 0. The van der Waals surface area contributed by atoms with E-state index in [2.05, 4.69) is 9.97 Å². The number of ether oxygens (including phenoxy) is 1. The molecule has 0 saturated carbocycles. The molecule has 3 heterocycles. The molecule has 162 valence electrons. The van der Waals surface area contributed by atoms with Gasteiger partial charge in [-0.15, -0.1) is 0 Å². The molecule has 0 fully saturated rings. The van der Waals surface area contributed by atoms with E-state index in [1.54, 1.807) is 12.4 Å². The topological polar surface area (TPSA) is 105 Å². The maximum absolute atomic E-state index is 10.7. The van der Waals surface area contributed by atoms with Gasteiger partial charge < -0.3 is 9.29 Å². The van der Waals surface area contributed by atoms with Gasteiger partial charge in [0.25, 0.3) is 0 Å². The fourth-order valence-corrected chi connectivity index (χ4v) is 3.63. The summed E-state index contributed by atoms with van der Waals surface area (Å²) in [4.78, 5) is 13.6. The molecule has 0 N–H and O–H groups in total. The minimum Gasteiger partial charge on any atom is -0.748 e. The highest BCUT2D eigenvalue weighted by atomic mass is 32.2. The molecule has 0 saturated heterocycles. The predicted octanol–water partition coefficient (Wildman–Crippen LogP) is 4.19. The van der Waals surface area contributed by atoms with Crippen LogP contribution in [0.1, 0.15) is 6.42 Å². The Balaban J connectivity index is 1.61. The standard InChI is InChI=1S/C24H21N3O4S/c28-32(29,30)15-5-14-31-20-10-8-18(9-11-20)19-16-23(21-6-1-3-12-25-21)27-24(17-19)22-7-2-4-13-26-22/h1-4,6-13,16-17H,5,14-15H2,(H,28,29,30)/p-1. The Labute approximate surface area is 186 Å². The molecular formula is C24H20N3O4S-. The highest BCUT2D eigenvalue weighted by Gasteiger charge is 2.10. The fraction of sp³-hybridized carbons (Fsp3) is 0.125. The lowest BCUT2D eigenvalue weighted by atomic mass is 10.0. The van der Waals surface area contributed by atoms with E-state index < -0.39 is 15.9 Å². The van der Waals surface area contributed by atoms with Crippen molar-refractivity contribution in [2.75, 3.05) is 12.4 Å². The van der Waals surface area contributed by atoms with Crippen LogP contribution in [0.5, 0.6) is 5.75 Å². The number of hydrogen-bond acceptors (Lipinski definition) is 7. The van der Waals surface area contributed by atoms with E-state index in [-0.39, 0.29) is 13.0 Å². The van der Waals surface area contributed by atoms with Crippen molar-refractivity contribution in [2.45, 2.75) is 6.42 Å². The average Bonchev–Trinajstić information content (AvgIpc) is 2.82. The number of pyridine rings is 3. The quantitative estimate of drug-likeness (QED) is 0.295. The molecular weight excluding hydrogens is 426 g/mol. The Morgan fingerprint density at radius 3 is 1.84 bits per heavy atom. The van der Waals surface area contributed by atoms with Crippen LogP contribution in [0.2, 0.25) is 0 Å². The smallest absolute Gasteiger partial charge is 0.119 e. The zero-order chi connectivity index (χ0) is 22.4. The molecule has 0 aliphatic heterocycles. The van der Waals surface area contributed by atoms with E-state index in [0.717, 1.165) is 33.9 Å². The van der Waals surface area contributed by atoms with Crippen molar-refractivity contribution in [1.82, 2.24) is 15.0 Å². The molecule has 4 aromatic rings. The highest BCUT2D eigenvalue weighted by Crippen LogP contribution is 2.29. The number of rotatable bonds is 8. The van der Waals surface area contributed by atoms with Gasteiger partial charge in [-0.2, -0.15) is 0 Å². The van der Waals surface area contributed by atoms with E-state index in [1.807, 2.05) is 72.8 Å². The SMILES string of the molecule is O=S(=O)([O-])CCCOc1ccc(-c2cc(-c3ccccn3)nc(-c3ccccn3)c2)cc1. The van der Waals surface area contributed by atoms with Crippen molar-refractivity contribution in [3.63, 3.8) is 0 Å². The first-order chi connectivity index (χ1) is 15.5. The molecule has 0 amide bonds. The van der Waals surface area contributed by atoms with Crippen molar-refractivity contribution >= 4 is 10.1 Å². The third-order valence-electron chi connectivity index (χ3n) is 4.68. The van der Waals surface area contributed by atoms with Crippen LogP contribution in [0.25, 0.3) is 33.9 Å². The zero-order valence-corrected chi connectivity index (χ0v) is 17.9. The molecule has 3 aromatic heterocycles. The highest BCUT2D eigenvalue weighted by molar-refractivity contribution is 7.85. The molecule has 8 heteroatoms. The Morgan fingerprint density at radius 1 is 0.750 bits per heavy atom. The van der Waals surface area contributed by atoms with Crippen LogP contribution in [0.4, 0.5) is 0 Å². The molecule has 0 atom stereocenters. The van der Waals surface area contributed by atoms with Crippen LogP contribution in [-0.4, -0.2) is 40.3 Å². The predicted molar refractivity (Wildman–Crippen MR) is 121 cm³/mol. The molecule has 0 bridgehead atoms. The van der Waals surface area contributed by atoms with Crippen molar-refractivity contribution in [2.24, 2.45) is 0 Å². The monoisotopic (exact) mass is 446 g/mol. The van der Waals surface area contributed by atoms with Gasteiger partial charge in [0, 0.05) is 18.1 Å². The molecule has 32 heavy (non-hydrogen) atoms. The first-order valence-corrected chi connectivity index (χ1v) is 11.6. The summed E-state index contributed by atoms with van der Waals surface area (Å²) in [7, 11) is -4.22. The maximum atomic E-state index is 10.7. The Hall–Kier alpha value is -3.62. The molecule has 1 aromatic carbocycles. The second kappa shape index (κ2) is 9.67. The summed E-state index contributed by atoms with van der Waals surface area (Å²) in [6.07, 6.45) is 3.61. The Kier molecular flexibility index (Phi) is 6.53. The Bertz CT molecular complexity index is 1220. The van der Waals surface area contributed by atoms with Gasteiger partial charge in [0.2, 0.25) is 0 Å². The van der Waals surface area contributed by atoms with E-state index in [0.29, 0.717) is 5.75 Å². The van der Waals surface area contributed by atoms with E-state index in [4.69, 9.17) is 9.72 Å². The fourth-order valence-electron chi connectivity index (χ4n) is 3.16. The van der Waals surface area contributed by atoms with Gasteiger partial charge in [-0.1, -0.05) is 24.3 Å². The van der Waals surface area contributed by atoms with Gasteiger partial charge in [0.15, 0.2) is 0 Å². The maximum Gasteiger partial charge on any atom is 0.119 e. The third-order valence-corrected chi connectivity index (χ3v) is 5.46. The van der Waals surface area contributed by atoms with Gasteiger partial charge in [-0.3, -0.25) is 9.97 Å². The van der Waals surface area contributed by atoms with Gasteiger partial charge in [0.1, 0.15) is 5.75 Å². The lowest BCUT2D eigenvalue weighted by Gasteiger charge is -2.11. The summed E-state index contributed by atoms with van der Waals surface area (Å²) >= 11 is 0. The van der Waals surface area contributed by atoms with E-state index in [1.165, 1.54) is 0 Å². The summed E-state index contributed by atoms with van der Waals surface area (Å²) in [5, 5.41) is 0. The lowest BCUT2D eigenvalue weighted by molar-refractivity contribution is 0.316. The molecule has 0 spiro atoms. The van der Waals surface area contributed by atoms with E-state index >= 15 is 0 Å². The van der Waals surface area contributed by atoms with Crippen LogP contribution in [0.15, 0.2) is 85.2 Å². The Morgan fingerprint density at radius 2 is 1.34 bits per heavy atom. The largest absolute Gasteiger partial charge is 0.748 e. The second-order valence-corrected chi connectivity index (χ2v) is 8.57. The number of aromatic nitrogens is 3. The summed E-state index contributed by atoms with van der Waals surface area (Å²) in [6, 6.07) is 22.8. The van der Waals surface area contributed by atoms with Gasteiger partial charge >= 0.3 is 0 Å². The van der Waals surface area contributed by atoms with Gasteiger partial charge in [-0.25, -0.2) is 13.4 Å². The zero-order valence-electron chi connectivity index (χ0n) is 17.1. The van der Waals surface area contributed by atoms with Crippen LogP contribution >= 0.6 is 0 Å². The molecule has 0 aliphatic rings. The average molecular weight is 447 g/mol. The van der Waals surface area contributed by atoms with Crippen molar-refractivity contribution in [3.8, 4) is 39.7 Å². The third kappa shape index (κ3) is 5.75. The van der Waals surface area contributed by atoms with Gasteiger partial charge in [-0.05, 0) is 66.1 Å². The van der Waals surface area contributed by atoms with Crippen LogP contribution < -0.4 is 4.74 Å². The van der Waals surface area contributed by atoms with E-state index in [9.17, 15) is 13.0 Å². The molecule has 0 aliphatic carbocycles. The summed E-state index contributed by atoms with van der Waals surface area (Å²) in [6.45, 7) is 0.156. The van der Waals surface area contributed by atoms with Gasteiger partial charge in [0.05, 0.1) is 39.5 Å². The normalized spacial score (nSPS) is 11.3.